The number of thioether (sulfide) groups is 2. The molecule has 2 fully saturated rings. The van der Waals surface area contributed by atoms with Crippen LogP contribution >= 0.6 is 35.1 Å². The number of β-lactam (4-membered cyclic amide) rings is 1. The van der Waals surface area contributed by atoms with Crippen LogP contribution in [0.5, 0.6) is 0 Å². The van der Waals surface area contributed by atoms with Crippen LogP contribution < -0.4 is 11.1 Å². The van der Waals surface area contributed by atoms with Gasteiger partial charge in [-0.15, -0.1) is 11.8 Å². The highest BCUT2D eigenvalue weighted by Crippen LogP contribution is 2.43. The third kappa shape index (κ3) is 5.54. The zero-order chi connectivity index (χ0) is 26.6. The number of carboxylic acid groups (broad SMARTS) is 1. The number of carboxylic acids is 1. The van der Waals surface area contributed by atoms with Crippen LogP contribution in [0.25, 0.3) is 6.08 Å². The second-order valence-electron chi connectivity index (χ2n) is 8.59. The van der Waals surface area contributed by atoms with Crippen LogP contribution in [0.2, 0.25) is 0 Å². The average molecular weight is 574 g/mol. The number of pyridine rings is 1. The van der Waals surface area contributed by atoms with Crippen LogP contribution in [-0.2, 0) is 19.2 Å². The van der Waals surface area contributed by atoms with Crippen LogP contribution in [0, 0.1) is 0 Å². The Kier molecular flexibility index (Phi) is 7.95. The molecule has 1 saturated carbocycles. The van der Waals surface area contributed by atoms with Crippen molar-refractivity contribution in [2.45, 2.75) is 42.7 Å². The van der Waals surface area contributed by atoms with Crippen LogP contribution in [0.15, 0.2) is 45.7 Å². The van der Waals surface area contributed by atoms with Gasteiger partial charge in [-0.05, 0) is 42.4 Å². The van der Waals surface area contributed by atoms with E-state index in [9.17, 15) is 19.5 Å². The minimum atomic E-state index is -1.19. The summed E-state index contributed by atoms with van der Waals surface area (Å²) in [7, 11) is 0. The standard InChI is InChI=1S/C23H23N7O5S3/c24-23-28-19(29-38-23)13-4-1-5-14(13)35-26-10-16(31)27-17-20(32)30-18(22(33)34)15(11-37-21(17)30)36-8-6-12-3-2-7-25-9-12/h2-3,6-10,13-14,17,21H,1,4-5,11H2,(H,27,31)(H,33,34)(H2,24,28,29)/b8-6-,26-10+/t13?,14?,17?,21-/m1/s1. The van der Waals surface area contributed by atoms with Gasteiger partial charge >= 0.3 is 5.97 Å². The smallest absolute Gasteiger partial charge is 0.353 e. The summed E-state index contributed by atoms with van der Waals surface area (Å²) < 4.78 is 4.25. The molecule has 2 aromatic rings. The average Bonchev–Trinajstić information content (AvgIpc) is 3.56. The van der Waals surface area contributed by atoms with E-state index >= 15 is 0 Å². The van der Waals surface area contributed by atoms with Gasteiger partial charge < -0.3 is 21.0 Å². The number of nitrogens with two attached hydrogens (primary N) is 1. The first kappa shape index (κ1) is 26.2. The molecule has 15 heteroatoms. The molecule has 2 aromatic heterocycles. The fourth-order valence-corrected chi connectivity index (χ4v) is 7.30. The highest BCUT2D eigenvalue weighted by Gasteiger charge is 2.54. The number of aliphatic carboxylic acids is 1. The van der Waals surface area contributed by atoms with Crippen molar-refractivity contribution >= 4 is 70.3 Å². The van der Waals surface area contributed by atoms with Gasteiger partial charge in [-0.2, -0.15) is 4.37 Å². The Morgan fingerprint density at radius 1 is 1.37 bits per heavy atom. The van der Waals surface area contributed by atoms with Crippen molar-refractivity contribution in [1.29, 1.82) is 0 Å². The Balaban J connectivity index is 1.17. The molecule has 0 aromatic carbocycles. The molecule has 2 amide bonds. The van der Waals surface area contributed by atoms with Crippen molar-refractivity contribution in [3.63, 3.8) is 0 Å². The van der Waals surface area contributed by atoms with E-state index in [2.05, 4.69) is 24.8 Å². The molecule has 4 atom stereocenters. The Labute approximate surface area is 230 Å². The van der Waals surface area contributed by atoms with Crippen LogP contribution in [0.1, 0.15) is 36.6 Å². The molecule has 1 saturated heterocycles. The predicted molar refractivity (Wildman–Crippen MR) is 145 cm³/mol. The van der Waals surface area contributed by atoms with Crippen molar-refractivity contribution in [3.05, 3.63) is 51.9 Å². The molecule has 0 bridgehead atoms. The number of rotatable bonds is 9. The number of amides is 2. The van der Waals surface area contributed by atoms with E-state index in [1.165, 1.54) is 28.4 Å². The molecule has 0 radical (unpaired) electrons. The summed E-state index contributed by atoms with van der Waals surface area (Å²) in [5.74, 6) is -1.31. The van der Waals surface area contributed by atoms with Gasteiger partial charge in [0.05, 0.1) is 5.92 Å². The summed E-state index contributed by atoms with van der Waals surface area (Å²) in [5, 5.41) is 17.9. The molecule has 5 rings (SSSR count). The second kappa shape index (κ2) is 11.5. The fourth-order valence-electron chi connectivity index (χ4n) is 4.44. The summed E-state index contributed by atoms with van der Waals surface area (Å²) >= 11 is 3.76. The molecule has 3 unspecified atom stereocenters. The summed E-state index contributed by atoms with van der Waals surface area (Å²) in [6, 6.07) is 2.83. The third-order valence-corrected chi connectivity index (χ3v) is 9.11. The Morgan fingerprint density at radius 2 is 2.24 bits per heavy atom. The second-order valence-corrected chi connectivity index (χ2v) is 11.5. The van der Waals surface area contributed by atoms with Crippen molar-refractivity contribution in [3.8, 4) is 0 Å². The Morgan fingerprint density at radius 3 is 2.97 bits per heavy atom. The topological polar surface area (TPSA) is 173 Å². The Bertz CT molecular complexity index is 1320. The van der Waals surface area contributed by atoms with Crippen molar-refractivity contribution in [2.24, 2.45) is 5.16 Å². The summed E-state index contributed by atoms with van der Waals surface area (Å²) in [5.41, 5.74) is 6.49. The minimum Gasteiger partial charge on any atom is -0.477 e. The molecule has 2 aliphatic heterocycles. The molecule has 198 valence electrons. The Hall–Kier alpha value is -3.43. The maximum absolute atomic E-state index is 12.8. The lowest BCUT2D eigenvalue weighted by molar-refractivity contribution is -0.150. The predicted octanol–water partition coefficient (Wildman–Crippen LogP) is 2.25. The number of carbonyl (C=O) groups excluding carboxylic acids is 2. The van der Waals surface area contributed by atoms with Gasteiger partial charge in [0.1, 0.15) is 29.4 Å². The molecular weight excluding hydrogens is 550 g/mol. The lowest BCUT2D eigenvalue weighted by Gasteiger charge is -2.49. The first-order valence-corrected chi connectivity index (χ1v) is 14.4. The molecule has 3 aliphatic rings. The largest absolute Gasteiger partial charge is 0.477 e. The SMILES string of the molecule is Nc1nc(C2CCCC2O/N=C/C(=O)NC2C(=O)N3C(C(=O)O)=C(S/C=C\c4cccnc4)CS[C@H]23)ns1. The number of oxime groups is 1. The van der Waals surface area contributed by atoms with E-state index in [-0.39, 0.29) is 17.7 Å². The molecule has 12 nitrogen and oxygen atoms in total. The van der Waals surface area contributed by atoms with E-state index in [1.54, 1.807) is 23.9 Å². The van der Waals surface area contributed by atoms with E-state index in [0.717, 1.165) is 42.6 Å². The quantitative estimate of drug-likeness (QED) is 0.228. The monoisotopic (exact) mass is 573 g/mol. The molecule has 0 spiro atoms. The molecule has 1 aliphatic carbocycles. The summed E-state index contributed by atoms with van der Waals surface area (Å²) in [6.45, 7) is 0. The number of carbonyl (C=O) groups is 3. The number of hydrogen-bond acceptors (Lipinski definition) is 12. The number of hydrogen-bond donors (Lipinski definition) is 3. The molecule has 4 N–H and O–H groups in total. The molecule has 38 heavy (non-hydrogen) atoms. The van der Waals surface area contributed by atoms with Crippen LogP contribution in [0.3, 0.4) is 0 Å². The van der Waals surface area contributed by atoms with Crippen LogP contribution in [-0.4, -0.2) is 71.6 Å². The van der Waals surface area contributed by atoms with E-state index < -0.39 is 29.2 Å². The van der Waals surface area contributed by atoms with Gasteiger partial charge in [-0.3, -0.25) is 19.5 Å². The van der Waals surface area contributed by atoms with E-state index in [1.807, 2.05) is 12.1 Å². The maximum Gasteiger partial charge on any atom is 0.353 e. The molecule has 4 heterocycles. The van der Waals surface area contributed by atoms with Gasteiger partial charge in [0.2, 0.25) is 0 Å². The van der Waals surface area contributed by atoms with Gasteiger partial charge in [-0.1, -0.05) is 23.0 Å². The highest BCUT2D eigenvalue weighted by atomic mass is 32.2. The van der Waals surface area contributed by atoms with Crippen molar-refractivity contribution in [2.75, 3.05) is 11.5 Å². The summed E-state index contributed by atoms with van der Waals surface area (Å²) in [4.78, 5) is 52.9. The minimum absolute atomic E-state index is 0.0448. The highest BCUT2D eigenvalue weighted by molar-refractivity contribution is 8.08. The number of aromatic nitrogens is 3. The van der Waals surface area contributed by atoms with E-state index in [0.29, 0.717) is 21.6 Å². The van der Waals surface area contributed by atoms with E-state index in [4.69, 9.17) is 10.6 Å². The van der Waals surface area contributed by atoms with Gasteiger partial charge in [0, 0.05) is 34.6 Å². The lowest BCUT2D eigenvalue weighted by Crippen LogP contribution is -2.70. The maximum atomic E-state index is 12.8. The first-order chi connectivity index (χ1) is 18.4. The number of fused-ring (bicyclic) bond motifs is 1. The number of nitrogens with zero attached hydrogens (tertiary/aromatic N) is 5. The van der Waals surface area contributed by atoms with Gasteiger partial charge in [0.25, 0.3) is 11.8 Å². The fraction of sp³-hybridized carbons (Fsp3) is 0.348. The van der Waals surface area contributed by atoms with Gasteiger partial charge in [0.15, 0.2) is 11.0 Å². The zero-order valence-electron chi connectivity index (χ0n) is 19.8. The lowest BCUT2D eigenvalue weighted by atomic mass is 10.1. The third-order valence-electron chi connectivity index (χ3n) is 6.20. The zero-order valence-corrected chi connectivity index (χ0v) is 22.2. The van der Waals surface area contributed by atoms with Crippen LogP contribution in [0.4, 0.5) is 5.13 Å². The number of nitrogens with one attached hydrogen (secondary N) is 1. The van der Waals surface area contributed by atoms with Crippen molar-refractivity contribution < 1.29 is 24.3 Å². The first-order valence-electron chi connectivity index (χ1n) is 11.7. The normalized spacial score (nSPS) is 25.1. The summed E-state index contributed by atoms with van der Waals surface area (Å²) in [6.07, 6.45) is 8.40. The van der Waals surface area contributed by atoms with Gasteiger partial charge in [-0.25, -0.2) is 9.78 Å². The van der Waals surface area contributed by atoms with Crippen molar-refractivity contribution in [1.82, 2.24) is 24.6 Å². The number of anilines is 1. The molecular formula is C23H23N7O5S3. The number of nitrogen functional groups attached to an aromatic ring is 1.